The first-order chi connectivity index (χ1) is 10.6. The Bertz CT molecular complexity index is 804. The smallest absolute Gasteiger partial charge is 0.270 e. The van der Waals surface area contributed by atoms with E-state index in [0.29, 0.717) is 22.0 Å². The number of non-ortho nitro benzene ring substituents is 1. The number of carbonyl (C=O) groups excluding carboxylic acids is 1. The monoisotopic (exact) mass is 315 g/mol. The molecule has 1 aliphatic rings. The number of rotatable bonds is 2. The van der Waals surface area contributed by atoms with Crippen LogP contribution in [-0.2, 0) is 4.79 Å². The summed E-state index contributed by atoms with van der Waals surface area (Å²) in [6.45, 7) is -0.0479. The van der Waals surface area contributed by atoms with Crippen LogP contribution < -0.4 is 4.90 Å². The number of anilines is 2. The van der Waals surface area contributed by atoms with E-state index >= 15 is 0 Å². The number of aliphatic imine (C=N–C) groups is 1. The summed E-state index contributed by atoms with van der Waals surface area (Å²) in [5.74, 6) is -0.253. The lowest BCUT2D eigenvalue weighted by atomic mass is 10.1. The van der Waals surface area contributed by atoms with Gasteiger partial charge in [0.05, 0.1) is 21.3 Å². The maximum absolute atomic E-state index is 12.4. The number of carbonyl (C=O) groups is 1. The molecule has 0 bridgehead atoms. The van der Waals surface area contributed by atoms with Crippen LogP contribution in [0, 0.1) is 10.1 Å². The van der Waals surface area contributed by atoms with Gasteiger partial charge in [-0.1, -0.05) is 23.7 Å². The zero-order chi connectivity index (χ0) is 15.7. The fourth-order valence-corrected chi connectivity index (χ4v) is 2.51. The Kier molecular flexibility index (Phi) is 3.60. The van der Waals surface area contributed by atoms with Crippen LogP contribution in [0.4, 0.5) is 17.1 Å². The van der Waals surface area contributed by atoms with Gasteiger partial charge in [-0.05, 0) is 18.2 Å². The Morgan fingerprint density at radius 2 is 1.95 bits per heavy atom. The third-order valence-electron chi connectivity index (χ3n) is 3.26. The molecule has 0 atom stereocenters. The molecular weight excluding hydrogens is 306 g/mol. The summed E-state index contributed by atoms with van der Waals surface area (Å²) in [6.07, 6.45) is 1.47. The Morgan fingerprint density at radius 1 is 1.18 bits per heavy atom. The zero-order valence-electron chi connectivity index (χ0n) is 11.3. The number of fused-ring (bicyclic) bond motifs is 1. The van der Waals surface area contributed by atoms with Crippen molar-refractivity contribution in [1.29, 1.82) is 0 Å². The highest BCUT2D eigenvalue weighted by Gasteiger charge is 2.25. The van der Waals surface area contributed by atoms with E-state index in [1.165, 1.54) is 29.3 Å². The van der Waals surface area contributed by atoms with Crippen molar-refractivity contribution in [2.45, 2.75) is 0 Å². The van der Waals surface area contributed by atoms with Crippen LogP contribution in [-0.4, -0.2) is 23.6 Å². The van der Waals surface area contributed by atoms with E-state index in [-0.39, 0.29) is 18.1 Å². The number of para-hydroxylation sites is 1. The highest BCUT2D eigenvalue weighted by Crippen LogP contribution is 2.35. The van der Waals surface area contributed by atoms with Crippen molar-refractivity contribution >= 4 is 40.8 Å². The first kappa shape index (κ1) is 14.2. The minimum atomic E-state index is -0.485. The van der Waals surface area contributed by atoms with E-state index in [1.807, 2.05) is 0 Å². The molecule has 2 aromatic carbocycles. The number of benzene rings is 2. The van der Waals surface area contributed by atoms with Gasteiger partial charge in [0, 0.05) is 23.9 Å². The average molecular weight is 316 g/mol. The van der Waals surface area contributed by atoms with Crippen molar-refractivity contribution in [3.63, 3.8) is 0 Å². The maximum Gasteiger partial charge on any atom is 0.270 e. The molecular formula is C15H10ClN3O3. The van der Waals surface area contributed by atoms with Crippen LogP contribution >= 0.6 is 11.6 Å². The van der Waals surface area contributed by atoms with Gasteiger partial charge in [0.2, 0.25) is 0 Å². The van der Waals surface area contributed by atoms with Crippen LogP contribution in [0.15, 0.2) is 47.5 Å². The van der Waals surface area contributed by atoms with Gasteiger partial charge < -0.3 is 0 Å². The number of nitrogens with zero attached hydrogens (tertiary/aromatic N) is 3. The molecule has 0 radical (unpaired) electrons. The molecule has 0 aromatic heterocycles. The Balaban J connectivity index is 2.19. The molecule has 1 aliphatic heterocycles. The van der Waals surface area contributed by atoms with Crippen molar-refractivity contribution in [2.75, 3.05) is 11.4 Å². The zero-order valence-corrected chi connectivity index (χ0v) is 12.0. The molecule has 7 heteroatoms. The van der Waals surface area contributed by atoms with E-state index in [2.05, 4.69) is 4.99 Å². The van der Waals surface area contributed by atoms with Crippen molar-refractivity contribution in [3.05, 3.63) is 63.2 Å². The molecule has 2 aromatic rings. The van der Waals surface area contributed by atoms with Crippen LogP contribution in [0.1, 0.15) is 5.56 Å². The van der Waals surface area contributed by atoms with E-state index in [4.69, 9.17) is 11.6 Å². The lowest BCUT2D eigenvalue weighted by Gasteiger charge is -2.23. The number of amides is 1. The fraction of sp³-hybridized carbons (Fsp3) is 0.0667. The fourth-order valence-electron chi connectivity index (χ4n) is 2.29. The number of hydrogen-bond acceptors (Lipinski definition) is 4. The quantitative estimate of drug-likeness (QED) is 0.630. The van der Waals surface area contributed by atoms with Gasteiger partial charge in [-0.2, -0.15) is 0 Å². The second-order valence-electron chi connectivity index (χ2n) is 4.65. The van der Waals surface area contributed by atoms with E-state index in [9.17, 15) is 14.9 Å². The molecule has 0 aliphatic carbocycles. The lowest BCUT2D eigenvalue weighted by molar-refractivity contribution is -0.384. The predicted molar refractivity (Wildman–Crippen MR) is 84.2 cm³/mol. The SMILES string of the molecule is O=C1CN=Cc2cc([N+](=O)[O-])ccc2N1c1ccccc1Cl. The summed E-state index contributed by atoms with van der Waals surface area (Å²) in [5.41, 5.74) is 1.48. The highest BCUT2D eigenvalue weighted by molar-refractivity contribution is 6.34. The Hall–Kier alpha value is -2.73. The first-order valence-electron chi connectivity index (χ1n) is 6.43. The summed E-state index contributed by atoms with van der Waals surface area (Å²) in [7, 11) is 0. The second kappa shape index (κ2) is 5.57. The molecule has 0 spiro atoms. The Morgan fingerprint density at radius 3 is 2.68 bits per heavy atom. The normalized spacial score (nSPS) is 13.7. The minimum Gasteiger partial charge on any atom is -0.283 e. The van der Waals surface area contributed by atoms with Crippen molar-refractivity contribution in [2.24, 2.45) is 4.99 Å². The molecule has 3 rings (SSSR count). The van der Waals surface area contributed by atoms with Gasteiger partial charge in [-0.15, -0.1) is 0 Å². The number of benzodiazepines with no additional fused rings is 1. The van der Waals surface area contributed by atoms with E-state index in [1.54, 1.807) is 24.3 Å². The third-order valence-corrected chi connectivity index (χ3v) is 3.58. The molecule has 1 amide bonds. The maximum atomic E-state index is 12.4. The molecule has 0 unspecified atom stereocenters. The number of halogens is 1. The van der Waals surface area contributed by atoms with Crippen LogP contribution in [0.5, 0.6) is 0 Å². The first-order valence-corrected chi connectivity index (χ1v) is 6.81. The number of nitro groups is 1. The minimum absolute atomic E-state index is 0.0479. The van der Waals surface area contributed by atoms with Crippen LogP contribution in [0.2, 0.25) is 5.02 Å². The topological polar surface area (TPSA) is 75.8 Å². The molecule has 0 saturated carbocycles. The van der Waals surface area contributed by atoms with E-state index in [0.717, 1.165) is 0 Å². The predicted octanol–water partition coefficient (Wildman–Crippen LogP) is 3.35. The molecule has 0 N–H and O–H groups in total. The molecule has 0 fully saturated rings. The van der Waals surface area contributed by atoms with E-state index < -0.39 is 4.92 Å². The van der Waals surface area contributed by atoms with Crippen LogP contribution in [0.25, 0.3) is 0 Å². The molecule has 22 heavy (non-hydrogen) atoms. The number of nitro benzene ring substituents is 1. The van der Waals surface area contributed by atoms with Crippen LogP contribution in [0.3, 0.4) is 0 Å². The van der Waals surface area contributed by atoms with Gasteiger partial charge in [0.1, 0.15) is 6.54 Å². The second-order valence-corrected chi connectivity index (χ2v) is 5.06. The lowest BCUT2D eigenvalue weighted by Crippen LogP contribution is -2.27. The standard InChI is InChI=1S/C15H10ClN3O3/c16-12-3-1-2-4-14(12)18-13-6-5-11(19(21)22)7-10(13)8-17-9-15(18)20/h1-8H,9H2. The number of hydrogen-bond donors (Lipinski definition) is 0. The third kappa shape index (κ3) is 2.44. The van der Waals surface area contributed by atoms with Crippen molar-refractivity contribution in [1.82, 2.24) is 0 Å². The summed E-state index contributed by atoms with van der Waals surface area (Å²) >= 11 is 6.18. The summed E-state index contributed by atoms with van der Waals surface area (Å²) in [4.78, 5) is 28.2. The molecule has 110 valence electrons. The van der Waals surface area contributed by atoms with Gasteiger partial charge in [-0.25, -0.2) is 0 Å². The average Bonchev–Trinajstić information content (AvgIpc) is 2.65. The van der Waals surface area contributed by atoms with Crippen molar-refractivity contribution < 1.29 is 9.72 Å². The Labute approximate surface area is 130 Å². The summed E-state index contributed by atoms with van der Waals surface area (Å²) < 4.78 is 0. The van der Waals surface area contributed by atoms with Crippen molar-refractivity contribution in [3.8, 4) is 0 Å². The summed E-state index contributed by atoms with van der Waals surface area (Å²) in [5, 5.41) is 11.3. The van der Waals surface area contributed by atoms with Gasteiger partial charge in [0.25, 0.3) is 11.6 Å². The highest BCUT2D eigenvalue weighted by atomic mass is 35.5. The summed E-state index contributed by atoms with van der Waals surface area (Å²) in [6, 6.07) is 11.2. The van der Waals surface area contributed by atoms with Gasteiger partial charge in [-0.3, -0.25) is 24.8 Å². The van der Waals surface area contributed by atoms with Gasteiger partial charge >= 0.3 is 0 Å². The molecule has 0 saturated heterocycles. The largest absolute Gasteiger partial charge is 0.283 e. The molecule has 1 heterocycles. The van der Waals surface area contributed by atoms with Gasteiger partial charge in [0.15, 0.2) is 0 Å². The molecule has 6 nitrogen and oxygen atoms in total.